The molecule has 0 fully saturated rings. The van der Waals surface area contributed by atoms with E-state index in [0.717, 1.165) is 16.8 Å². The molecule has 2 aromatic carbocycles. The van der Waals surface area contributed by atoms with Gasteiger partial charge in [-0.05, 0) is 44.4 Å². The van der Waals surface area contributed by atoms with Gasteiger partial charge in [0.05, 0.1) is 18.8 Å². The van der Waals surface area contributed by atoms with Crippen molar-refractivity contribution in [2.45, 2.75) is 51.9 Å². The van der Waals surface area contributed by atoms with Crippen LogP contribution in [-0.2, 0) is 30.4 Å². The van der Waals surface area contributed by atoms with Crippen molar-refractivity contribution in [2.75, 3.05) is 18.7 Å². The van der Waals surface area contributed by atoms with Crippen LogP contribution in [-0.4, -0.2) is 42.4 Å². The maximum Gasteiger partial charge on any atom is 0.423 e. The third-order valence-electron chi connectivity index (χ3n) is 5.10. The third-order valence-corrected chi connectivity index (χ3v) is 5.10. The predicted octanol–water partition coefficient (Wildman–Crippen LogP) is 3.90. The number of fused-ring (bicyclic) bond motifs is 1. The second-order valence-electron chi connectivity index (χ2n) is 8.85. The van der Waals surface area contributed by atoms with E-state index in [2.05, 4.69) is 5.43 Å². The Bertz CT molecular complexity index is 1010. The Labute approximate surface area is 199 Å². The lowest BCUT2D eigenvalue weighted by atomic mass is 10.0. The van der Waals surface area contributed by atoms with Crippen molar-refractivity contribution in [1.29, 1.82) is 0 Å². The fourth-order valence-corrected chi connectivity index (χ4v) is 3.70. The number of nitrogens with zero attached hydrogens (tertiary/aromatic N) is 2. The van der Waals surface area contributed by atoms with E-state index >= 15 is 0 Å². The van der Waals surface area contributed by atoms with Crippen LogP contribution in [0.25, 0.3) is 0 Å². The van der Waals surface area contributed by atoms with E-state index in [4.69, 9.17) is 14.2 Å². The molecule has 1 aliphatic heterocycles. The standard InChI is InChI=1S/C25H31N3O6/c1-25(2,3)34-23(30)16-27-20-13-9-8-12-19(20)21(14-15-22(29)32-4)28(27)26-24(31)33-17-18-10-6-5-7-11-18/h5-13,21H,14-17H2,1-4H3,(H,26,31)/t21-/m0/s1. The molecule has 9 heteroatoms. The second-order valence-corrected chi connectivity index (χ2v) is 8.85. The summed E-state index contributed by atoms with van der Waals surface area (Å²) in [6, 6.07) is 16.4. The average Bonchev–Trinajstić information content (AvgIpc) is 3.07. The zero-order chi connectivity index (χ0) is 24.7. The van der Waals surface area contributed by atoms with Crippen LogP contribution >= 0.6 is 0 Å². The Hall–Kier alpha value is -3.59. The number of methoxy groups -OCH3 is 1. The first-order valence-electron chi connectivity index (χ1n) is 11.1. The van der Waals surface area contributed by atoms with Crippen LogP contribution in [0.15, 0.2) is 54.6 Å². The molecular formula is C25H31N3O6. The van der Waals surface area contributed by atoms with Gasteiger partial charge in [0.15, 0.2) is 0 Å². The quantitative estimate of drug-likeness (QED) is 0.459. The van der Waals surface area contributed by atoms with E-state index < -0.39 is 23.7 Å². The highest BCUT2D eigenvalue weighted by Crippen LogP contribution is 2.41. The molecule has 9 nitrogen and oxygen atoms in total. The first-order chi connectivity index (χ1) is 16.2. The molecule has 0 unspecified atom stereocenters. The molecule has 0 spiro atoms. The lowest BCUT2D eigenvalue weighted by Gasteiger charge is -2.33. The summed E-state index contributed by atoms with van der Waals surface area (Å²) in [4.78, 5) is 37.2. The molecule has 1 heterocycles. The van der Waals surface area contributed by atoms with Crippen molar-refractivity contribution in [3.8, 4) is 0 Å². The van der Waals surface area contributed by atoms with Crippen LogP contribution in [0.2, 0.25) is 0 Å². The number of amides is 1. The molecule has 3 rings (SSSR count). The van der Waals surface area contributed by atoms with Gasteiger partial charge in [-0.15, -0.1) is 5.12 Å². The molecule has 0 aromatic heterocycles. The number of esters is 2. The van der Waals surface area contributed by atoms with Gasteiger partial charge < -0.3 is 14.2 Å². The number of hydrogen-bond donors (Lipinski definition) is 1. The van der Waals surface area contributed by atoms with E-state index in [-0.39, 0.29) is 25.5 Å². The normalized spacial score (nSPS) is 15.4. The number of carbonyl (C=O) groups is 3. The highest BCUT2D eigenvalue weighted by Gasteiger charge is 2.39. The van der Waals surface area contributed by atoms with Crippen molar-refractivity contribution < 1.29 is 28.6 Å². The summed E-state index contributed by atoms with van der Waals surface area (Å²) in [5.74, 6) is -0.824. The van der Waals surface area contributed by atoms with Gasteiger partial charge >= 0.3 is 18.0 Å². The highest BCUT2D eigenvalue weighted by molar-refractivity contribution is 5.78. The fraction of sp³-hybridized carbons (Fsp3) is 0.400. The maximum absolute atomic E-state index is 12.7. The minimum atomic E-state index is -0.686. The number of rotatable bonds is 8. The number of anilines is 1. The molecule has 1 amide bonds. The Morgan fingerprint density at radius 2 is 1.65 bits per heavy atom. The van der Waals surface area contributed by atoms with E-state index in [1.54, 1.807) is 25.8 Å². The molecule has 2 aromatic rings. The number of para-hydroxylation sites is 1. The van der Waals surface area contributed by atoms with E-state index in [0.29, 0.717) is 6.42 Å². The van der Waals surface area contributed by atoms with Crippen LogP contribution in [0.1, 0.15) is 50.8 Å². The lowest BCUT2D eigenvalue weighted by Crippen LogP contribution is -2.53. The minimum Gasteiger partial charge on any atom is -0.469 e. The summed E-state index contributed by atoms with van der Waals surface area (Å²) >= 11 is 0. The van der Waals surface area contributed by atoms with Crippen LogP contribution < -0.4 is 10.4 Å². The molecule has 34 heavy (non-hydrogen) atoms. The van der Waals surface area contributed by atoms with Crippen LogP contribution in [0.4, 0.5) is 10.5 Å². The third kappa shape index (κ3) is 6.71. The number of ether oxygens (including phenoxy) is 3. The number of hydrazine groups is 2. The van der Waals surface area contributed by atoms with Gasteiger partial charge in [-0.25, -0.2) is 10.2 Å². The largest absolute Gasteiger partial charge is 0.469 e. The Morgan fingerprint density at radius 3 is 2.32 bits per heavy atom. The lowest BCUT2D eigenvalue weighted by molar-refractivity contribution is -0.154. The average molecular weight is 470 g/mol. The maximum atomic E-state index is 12.7. The summed E-state index contributed by atoms with van der Waals surface area (Å²) in [6.45, 7) is 5.32. The molecule has 0 aliphatic carbocycles. The molecule has 0 bridgehead atoms. The first kappa shape index (κ1) is 25.0. The number of nitrogens with one attached hydrogen (secondary N) is 1. The predicted molar refractivity (Wildman–Crippen MR) is 125 cm³/mol. The van der Waals surface area contributed by atoms with E-state index in [1.165, 1.54) is 12.2 Å². The summed E-state index contributed by atoms with van der Waals surface area (Å²) in [7, 11) is 1.33. The first-order valence-corrected chi connectivity index (χ1v) is 11.1. The second kappa shape index (κ2) is 11.0. The summed E-state index contributed by atoms with van der Waals surface area (Å²) in [6.07, 6.45) is -0.200. The zero-order valence-electron chi connectivity index (χ0n) is 19.9. The number of carbonyl (C=O) groups excluding carboxylic acids is 3. The van der Waals surface area contributed by atoms with Crippen molar-refractivity contribution in [3.63, 3.8) is 0 Å². The van der Waals surface area contributed by atoms with Gasteiger partial charge in [0.1, 0.15) is 18.8 Å². The van der Waals surface area contributed by atoms with Gasteiger partial charge in [0, 0.05) is 6.42 Å². The van der Waals surface area contributed by atoms with E-state index in [1.807, 2.05) is 54.6 Å². The van der Waals surface area contributed by atoms with Crippen molar-refractivity contribution in [1.82, 2.24) is 10.5 Å². The number of hydrogen-bond acceptors (Lipinski definition) is 8. The molecule has 0 radical (unpaired) electrons. The summed E-state index contributed by atoms with van der Waals surface area (Å²) in [5, 5.41) is 3.17. The van der Waals surface area contributed by atoms with Crippen LogP contribution in [0, 0.1) is 0 Å². The monoisotopic (exact) mass is 469 g/mol. The number of benzene rings is 2. The van der Waals surface area contributed by atoms with Crippen molar-refractivity contribution >= 4 is 23.7 Å². The van der Waals surface area contributed by atoms with Gasteiger partial charge in [-0.3, -0.25) is 14.6 Å². The van der Waals surface area contributed by atoms with E-state index in [9.17, 15) is 14.4 Å². The topological polar surface area (TPSA) is 97.4 Å². The molecular weight excluding hydrogens is 438 g/mol. The highest BCUT2D eigenvalue weighted by atomic mass is 16.6. The zero-order valence-corrected chi connectivity index (χ0v) is 19.9. The summed E-state index contributed by atoms with van der Waals surface area (Å²) < 4.78 is 15.7. The molecule has 0 saturated heterocycles. The van der Waals surface area contributed by atoms with Gasteiger partial charge in [0.25, 0.3) is 0 Å². The van der Waals surface area contributed by atoms with Gasteiger partial charge in [0.2, 0.25) is 0 Å². The molecule has 182 valence electrons. The van der Waals surface area contributed by atoms with Crippen molar-refractivity contribution in [3.05, 3.63) is 65.7 Å². The Kier molecular flexibility index (Phi) is 8.12. The summed E-state index contributed by atoms with van der Waals surface area (Å²) in [5.41, 5.74) is 4.52. The molecule has 0 saturated carbocycles. The fourth-order valence-electron chi connectivity index (χ4n) is 3.70. The molecule has 1 atom stereocenters. The SMILES string of the molecule is COC(=O)CC[C@H]1c2ccccc2N(CC(=O)OC(C)(C)C)N1NC(=O)OCc1ccccc1. The Balaban J connectivity index is 1.81. The smallest absolute Gasteiger partial charge is 0.423 e. The van der Waals surface area contributed by atoms with Gasteiger partial charge in [-0.2, -0.15) is 0 Å². The molecule has 1 aliphatic rings. The van der Waals surface area contributed by atoms with Crippen LogP contribution in [0.5, 0.6) is 0 Å². The van der Waals surface area contributed by atoms with Crippen molar-refractivity contribution in [2.24, 2.45) is 0 Å². The minimum absolute atomic E-state index is 0.0896. The molecule has 1 N–H and O–H groups in total. The van der Waals surface area contributed by atoms with Gasteiger partial charge in [-0.1, -0.05) is 48.5 Å². The van der Waals surface area contributed by atoms with Crippen LogP contribution in [0.3, 0.4) is 0 Å². The Morgan fingerprint density at radius 1 is 0.971 bits per heavy atom.